The molecule has 8 nitrogen and oxygen atoms in total. The minimum Gasteiger partial charge on any atom is -0.478 e. The molecule has 0 spiro atoms. The van der Waals surface area contributed by atoms with Gasteiger partial charge in [-0.2, -0.15) is 0 Å². The second kappa shape index (κ2) is 8.50. The zero-order valence-electron chi connectivity index (χ0n) is 15.8. The third-order valence-electron chi connectivity index (χ3n) is 4.89. The molecule has 0 aromatic heterocycles. The number of nitrogens with zero attached hydrogens (tertiary/aromatic N) is 1. The number of hydrogen-bond donors (Lipinski definition) is 3. The van der Waals surface area contributed by atoms with E-state index in [1.807, 2.05) is 0 Å². The van der Waals surface area contributed by atoms with Gasteiger partial charge in [-0.1, -0.05) is 0 Å². The highest BCUT2D eigenvalue weighted by Gasteiger charge is 2.39. The van der Waals surface area contributed by atoms with Gasteiger partial charge >= 0.3 is 11.9 Å². The number of allylic oxidation sites excluding steroid dienone is 2. The largest absolute Gasteiger partial charge is 0.478 e. The molecule has 154 valence electrons. The number of rotatable bonds is 5. The van der Waals surface area contributed by atoms with Crippen LogP contribution in [-0.4, -0.2) is 38.6 Å². The zero-order valence-corrected chi connectivity index (χ0v) is 17.4. The van der Waals surface area contributed by atoms with Gasteiger partial charge in [-0.25, -0.2) is 9.59 Å². The number of non-ortho nitro benzene ring substituents is 1. The number of benzene rings is 1. The van der Waals surface area contributed by atoms with Crippen LogP contribution in [0.5, 0.6) is 0 Å². The number of carbonyl (C=O) groups is 2. The first kappa shape index (κ1) is 21.3. The number of dihydropyridines is 1. The fraction of sp³-hybridized carbons (Fsp3) is 0.368. The van der Waals surface area contributed by atoms with E-state index < -0.39 is 22.8 Å². The van der Waals surface area contributed by atoms with Crippen LogP contribution in [-0.2, 0) is 9.59 Å². The van der Waals surface area contributed by atoms with Crippen molar-refractivity contribution in [2.45, 2.75) is 30.8 Å². The molecule has 3 N–H and O–H groups in total. The Morgan fingerprint density at radius 3 is 2.10 bits per heavy atom. The normalized spacial score (nSPS) is 18.6. The summed E-state index contributed by atoms with van der Waals surface area (Å²) in [6, 6.07) is 4.35. The maximum absolute atomic E-state index is 12.1. The minimum atomic E-state index is -1.26. The van der Waals surface area contributed by atoms with E-state index in [0.29, 0.717) is 17.0 Å². The fourth-order valence-electron chi connectivity index (χ4n) is 3.68. The van der Waals surface area contributed by atoms with E-state index in [1.54, 1.807) is 43.4 Å². The molecule has 1 aromatic carbocycles. The van der Waals surface area contributed by atoms with Crippen molar-refractivity contribution >= 4 is 41.1 Å². The molecule has 1 saturated heterocycles. The van der Waals surface area contributed by atoms with Crippen LogP contribution in [0, 0.1) is 10.1 Å². The summed E-state index contributed by atoms with van der Waals surface area (Å²) in [5.41, 5.74) is 1.33. The molecule has 10 heteroatoms. The summed E-state index contributed by atoms with van der Waals surface area (Å²) in [6.07, 6.45) is 1.04. The molecule has 0 saturated carbocycles. The summed E-state index contributed by atoms with van der Waals surface area (Å²) >= 11 is 3.36. The third kappa shape index (κ3) is 4.13. The lowest BCUT2D eigenvalue weighted by Crippen LogP contribution is -2.31. The predicted octanol–water partition coefficient (Wildman–Crippen LogP) is 3.87. The Hall–Kier alpha value is -2.46. The fourth-order valence-corrected chi connectivity index (χ4v) is 6.66. The van der Waals surface area contributed by atoms with Crippen molar-refractivity contribution in [2.24, 2.45) is 0 Å². The Bertz CT molecular complexity index is 914. The molecule has 0 bridgehead atoms. The van der Waals surface area contributed by atoms with Crippen molar-refractivity contribution in [1.29, 1.82) is 0 Å². The average molecular weight is 437 g/mol. The lowest BCUT2D eigenvalue weighted by molar-refractivity contribution is -0.384. The van der Waals surface area contributed by atoms with Gasteiger partial charge in [0.25, 0.3) is 5.69 Å². The van der Waals surface area contributed by atoms with Crippen LogP contribution in [0.3, 0.4) is 0 Å². The topological polar surface area (TPSA) is 130 Å². The maximum atomic E-state index is 12.1. The van der Waals surface area contributed by atoms with Crippen molar-refractivity contribution in [3.8, 4) is 0 Å². The van der Waals surface area contributed by atoms with Crippen molar-refractivity contribution in [3.05, 3.63) is 62.0 Å². The Morgan fingerprint density at radius 1 is 1.07 bits per heavy atom. The Labute approximate surface area is 175 Å². The van der Waals surface area contributed by atoms with Crippen LogP contribution in [0.15, 0.2) is 40.7 Å². The number of nitrogens with one attached hydrogen (secondary N) is 1. The average Bonchev–Trinajstić information content (AvgIpc) is 2.66. The van der Waals surface area contributed by atoms with E-state index >= 15 is 0 Å². The summed E-state index contributed by atoms with van der Waals surface area (Å²) in [6.45, 7) is 3.14. The zero-order chi connectivity index (χ0) is 21.3. The molecular formula is C19H20N2O6S2. The van der Waals surface area contributed by atoms with Crippen LogP contribution in [0.4, 0.5) is 5.69 Å². The van der Waals surface area contributed by atoms with E-state index in [0.717, 1.165) is 23.5 Å². The molecule has 1 aromatic rings. The van der Waals surface area contributed by atoms with Gasteiger partial charge in [-0.15, -0.1) is 23.5 Å². The first-order valence-corrected chi connectivity index (χ1v) is 11.0. The summed E-state index contributed by atoms with van der Waals surface area (Å²) in [7, 11) is 0. The highest BCUT2D eigenvalue weighted by atomic mass is 32.2. The summed E-state index contributed by atoms with van der Waals surface area (Å²) in [4.78, 5) is 35.0. The monoisotopic (exact) mass is 436 g/mol. The molecule has 2 aliphatic rings. The second-order valence-electron chi connectivity index (χ2n) is 6.74. The van der Waals surface area contributed by atoms with Crippen LogP contribution in [0.1, 0.15) is 41.9 Å². The molecule has 0 unspecified atom stereocenters. The third-order valence-corrected chi connectivity index (χ3v) is 7.87. The highest BCUT2D eigenvalue weighted by Crippen LogP contribution is 2.49. The van der Waals surface area contributed by atoms with Crippen molar-refractivity contribution in [2.75, 3.05) is 11.5 Å². The number of hydrogen-bond acceptors (Lipinski definition) is 7. The van der Waals surface area contributed by atoms with Crippen molar-refractivity contribution < 1.29 is 24.7 Å². The molecule has 2 heterocycles. The van der Waals surface area contributed by atoms with Crippen LogP contribution in [0.2, 0.25) is 0 Å². The van der Waals surface area contributed by atoms with Crippen LogP contribution in [0.25, 0.3) is 0 Å². The van der Waals surface area contributed by atoms with Gasteiger partial charge in [-0.3, -0.25) is 10.1 Å². The van der Waals surface area contributed by atoms with Crippen LogP contribution < -0.4 is 5.32 Å². The second-order valence-corrected chi connectivity index (χ2v) is 9.47. The van der Waals surface area contributed by atoms with Gasteiger partial charge in [-0.05, 0) is 49.0 Å². The van der Waals surface area contributed by atoms with Gasteiger partial charge in [0.15, 0.2) is 0 Å². The number of aliphatic carboxylic acids is 2. The molecule has 2 aliphatic heterocycles. The first-order valence-electron chi connectivity index (χ1n) is 8.89. The summed E-state index contributed by atoms with van der Waals surface area (Å²) < 4.78 is -0.0415. The Morgan fingerprint density at radius 2 is 1.62 bits per heavy atom. The number of nitro groups is 1. The van der Waals surface area contributed by atoms with Crippen LogP contribution >= 0.6 is 23.5 Å². The van der Waals surface area contributed by atoms with Gasteiger partial charge in [0.05, 0.1) is 26.6 Å². The minimum absolute atomic E-state index is 0.0415. The molecule has 0 amide bonds. The summed E-state index contributed by atoms with van der Waals surface area (Å²) in [5, 5.41) is 33.9. The quantitative estimate of drug-likeness (QED) is 0.465. The highest BCUT2D eigenvalue weighted by molar-refractivity contribution is 8.16. The van der Waals surface area contributed by atoms with E-state index in [2.05, 4.69) is 5.32 Å². The van der Waals surface area contributed by atoms with Gasteiger partial charge in [0, 0.05) is 23.5 Å². The Kier molecular flexibility index (Phi) is 6.23. The lowest BCUT2D eigenvalue weighted by Gasteiger charge is -2.32. The number of carboxylic acids is 2. The standard InChI is InChI=1S/C19H20N2O6S2/c1-9-14(17(22)23)16(15(18(24)25)10(2)20-9)13-8-11(21(26)27)4-5-12(13)19-28-6-3-7-29-19/h4-5,8,16,19-20H,3,6-7H2,1-2H3,(H,22,23)(H,24,25). The molecule has 0 atom stereocenters. The van der Waals surface area contributed by atoms with Gasteiger partial charge in [0.2, 0.25) is 0 Å². The van der Waals surface area contributed by atoms with Crippen molar-refractivity contribution in [1.82, 2.24) is 5.32 Å². The predicted molar refractivity (Wildman–Crippen MR) is 112 cm³/mol. The first-order chi connectivity index (χ1) is 13.7. The Balaban J connectivity index is 2.29. The summed E-state index contributed by atoms with van der Waals surface area (Å²) in [5.74, 6) is -1.78. The van der Waals surface area contributed by atoms with E-state index in [4.69, 9.17) is 0 Å². The molecular weight excluding hydrogens is 416 g/mol. The molecule has 1 fully saturated rings. The van der Waals surface area contributed by atoms with Gasteiger partial charge in [0.1, 0.15) is 0 Å². The molecule has 0 aliphatic carbocycles. The van der Waals surface area contributed by atoms with Gasteiger partial charge < -0.3 is 15.5 Å². The maximum Gasteiger partial charge on any atom is 0.334 e. The lowest BCUT2D eigenvalue weighted by atomic mass is 9.78. The van der Waals surface area contributed by atoms with E-state index in [9.17, 15) is 29.9 Å². The number of thioether (sulfide) groups is 2. The molecule has 29 heavy (non-hydrogen) atoms. The SMILES string of the molecule is CC1=C(C(=O)O)C(c2cc([N+](=O)[O-])ccc2C2SCCCS2)C(C(=O)O)=C(C)N1. The van der Waals surface area contributed by atoms with E-state index in [1.165, 1.54) is 12.1 Å². The van der Waals surface area contributed by atoms with E-state index in [-0.39, 0.29) is 21.4 Å². The number of nitro benzene ring substituents is 1. The molecule has 3 rings (SSSR count). The number of carboxylic acid groups (broad SMARTS) is 2. The molecule has 0 radical (unpaired) electrons. The smallest absolute Gasteiger partial charge is 0.334 e. The van der Waals surface area contributed by atoms with Crippen molar-refractivity contribution in [3.63, 3.8) is 0 Å².